The number of methoxy groups -OCH3 is 1. The van der Waals surface area contributed by atoms with E-state index in [9.17, 15) is 9.59 Å². The molecule has 6 heteroatoms. The maximum absolute atomic E-state index is 11.7. The van der Waals surface area contributed by atoms with Crippen molar-refractivity contribution in [1.29, 1.82) is 0 Å². The Labute approximate surface area is 125 Å². The molecule has 0 unspecified atom stereocenters. The van der Waals surface area contributed by atoms with Gasteiger partial charge in [0.2, 0.25) is 5.91 Å². The molecule has 0 radical (unpaired) electrons. The van der Waals surface area contributed by atoms with E-state index in [4.69, 9.17) is 9.47 Å². The van der Waals surface area contributed by atoms with Gasteiger partial charge in [-0.15, -0.1) is 0 Å². The van der Waals surface area contributed by atoms with Crippen molar-refractivity contribution >= 4 is 12.0 Å². The number of amides is 2. The lowest BCUT2D eigenvalue weighted by atomic mass is 10.2. The summed E-state index contributed by atoms with van der Waals surface area (Å²) in [6.45, 7) is 1.29. The summed E-state index contributed by atoms with van der Waals surface area (Å²) in [5, 5.41) is 2.71. The summed E-state index contributed by atoms with van der Waals surface area (Å²) in [6.07, 6.45) is 0.218. The summed E-state index contributed by atoms with van der Waals surface area (Å²) in [5.41, 5.74) is 0.906. The first kappa shape index (κ1) is 17.0. The van der Waals surface area contributed by atoms with E-state index in [0.29, 0.717) is 13.2 Å². The molecule has 0 aromatic heterocycles. The van der Waals surface area contributed by atoms with Crippen LogP contribution < -0.4 is 5.32 Å². The molecule has 0 aliphatic rings. The van der Waals surface area contributed by atoms with Crippen molar-refractivity contribution in [3.8, 4) is 0 Å². The quantitative estimate of drug-likeness (QED) is 0.736. The summed E-state index contributed by atoms with van der Waals surface area (Å²) >= 11 is 0. The average Bonchev–Trinajstić information content (AvgIpc) is 2.50. The van der Waals surface area contributed by atoms with E-state index < -0.39 is 6.09 Å². The van der Waals surface area contributed by atoms with Gasteiger partial charge in [-0.2, -0.15) is 0 Å². The Kier molecular flexibility index (Phi) is 7.89. The summed E-state index contributed by atoms with van der Waals surface area (Å²) in [6, 6.07) is 9.39. The molecule has 116 valence electrons. The van der Waals surface area contributed by atoms with E-state index in [1.54, 1.807) is 7.11 Å². The van der Waals surface area contributed by atoms with E-state index in [1.807, 2.05) is 30.3 Å². The zero-order valence-corrected chi connectivity index (χ0v) is 12.5. The van der Waals surface area contributed by atoms with Crippen LogP contribution >= 0.6 is 0 Å². The summed E-state index contributed by atoms with van der Waals surface area (Å²) in [5.74, 6) is -0.217. The highest BCUT2D eigenvalue weighted by atomic mass is 16.6. The third-order valence-corrected chi connectivity index (χ3v) is 2.74. The van der Waals surface area contributed by atoms with Crippen LogP contribution in [-0.4, -0.2) is 50.8 Å². The Morgan fingerprint density at radius 3 is 2.62 bits per heavy atom. The van der Waals surface area contributed by atoms with E-state index in [0.717, 1.165) is 12.0 Å². The van der Waals surface area contributed by atoms with Gasteiger partial charge in [0.05, 0.1) is 0 Å². The minimum atomic E-state index is -0.522. The number of nitrogens with one attached hydrogen (secondary N) is 1. The lowest BCUT2D eigenvalue weighted by Crippen LogP contribution is -2.39. The van der Waals surface area contributed by atoms with Crippen LogP contribution in [0.25, 0.3) is 0 Å². The molecule has 0 atom stereocenters. The molecule has 0 aliphatic carbocycles. The lowest BCUT2D eigenvalue weighted by Gasteiger charge is -2.16. The molecule has 6 nitrogen and oxygen atoms in total. The van der Waals surface area contributed by atoms with Crippen molar-refractivity contribution in [2.45, 2.75) is 13.0 Å². The number of carbonyl (C=O) groups excluding carboxylic acids is 2. The first-order valence-electron chi connectivity index (χ1n) is 6.81. The second kappa shape index (κ2) is 9.77. The first-order chi connectivity index (χ1) is 10.1. The predicted molar refractivity (Wildman–Crippen MR) is 78.8 cm³/mol. The zero-order valence-electron chi connectivity index (χ0n) is 12.5. The Balaban J connectivity index is 2.22. The largest absolute Gasteiger partial charge is 0.445 e. The number of hydrogen-bond acceptors (Lipinski definition) is 4. The number of rotatable bonds is 8. The van der Waals surface area contributed by atoms with Gasteiger partial charge in [0.25, 0.3) is 0 Å². The fourth-order valence-corrected chi connectivity index (χ4v) is 1.61. The van der Waals surface area contributed by atoms with Crippen LogP contribution in [0.3, 0.4) is 0 Å². The van der Waals surface area contributed by atoms with Crippen LogP contribution in [-0.2, 0) is 20.9 Å². The molecular formula is C15H22N2O4. The van der Waals surface area contributed by atoms with Crippen molar-refractivity contribution in [3.05, 3.63) is 35.9 Å². The second-order valence-corrected chi connectivity index (χ2v) is 4.59. The van der Waals surface area contributed by atoms with Crippen LogP contribution in [0.2, 0.25) is 0 Å². The van der Waals surface area contributed by atoms with Crippen molar-refractivity contribution in [2.24, 2.45) is 0 Å². The Morgan fingerprint density at radius 1 is 1.24 bits per heavy atom. The predicted octanol–water partition coefficient (Wildman–Crippen LogP) is 1.41. The number of ether oxygens (including phenoxy) is 2. The highest BCUT2D eigenvalue weighted by molar-refractivity contribution is 5.82. The highest BCUT2D eigenvalue weighted by Gasteiger charge is 2.13. The van der Waals surface area contributed by atoms with Gasteiger partial charge in [-0.3, -0.25) is 4.79 Å². The number of benzene rings is 1. The summed E-state index contributed by atoms with van der Waals surface area (Å²) < 4.78 is 10.0. The number of hydrogen-bond donors (Lipinski definition) is 1. The minimum absolute atomic E-state index is 0.0272. The van der Waals surface area contributed by atoms with Gasteiger partial charge in [0.1, 0.15) is 13.2 Å². The Hall–Kier alpha value is -2.08. The molecule has 1 aromatic rings. The Bertz CT molecular complexity index is 437. The fourth-order valence-electron chi connectivity index (χ4n) is 1.61. The topological polar surface area (TPSA) is 67.9 Å². The van der Waals surface area contributed by atoms with E-state index in [1.165, 1.54) is 11.9 Å². The van der Waals surface area contributed by atoms with Gasteiger partial charge in [-0.05, 0) is 12.0 Å². The third-order valence-electron chi connectivity index (χ3n) is 2.74. The van der Waals surface area contributed by atoms with E-state index in [2.05, 4.69) is 5.32 Å². The molecule has 0 fully saturated rings. The average molecular weight is 294 g/mol. The molecule has 0 spiro atoms. The first-order valence-corrected chi connectivity index (χ1v) is 6.81. The third kappa shape index (κ3) is 7.31. The SMILES string of the molecule is COCCCNC(=O)CN(C)C(=O)OCc1ccccc1. The standard InChI is InChI=1S/C15H22N2O4/c1-17(11-14(18)16-9-6-10-20-2)15(19)21-12-13-7-4-3-5-8-13/h3-5,7-8H,6,9-12H2,1-2H3,(H,16,18). The molecule has 0 bridgehead atoms. The number of nitrogens with zero attached hydrogens (tertiary/aromatic N) is 1. The van der Waals surface area contributed by atoms with Gasteiger partial charge in [-0.1, -0.05) is 30.3 Å². The maximum Gasteiger partial charge on any atom is 0.410 e. The normalized spacial score (nSPS) is 10.0. The van der Waals surface area contributed by atoms with Gasteiger partial charge in [0, 0.05) is 27.3 Å². The number of carbonyl (C=O) groups is 2. The maximum atomic E-state index is 11.7. The zero-order chi connectivity index (χ0) is 15.5. The molecule has 21 heavy (non-hydrogen) atoms. The lowest BCUT2D eigenvalue weighted by molar-refractivity contribution is -0.121. The fraction of sp³-hybridized carbons (Fsp3) is 0.467. The van der Waals surface area contributed by atoms with Crippen LogP contribution in [0.5, 0.6) is 0 Å². The molecule has 1 N–H and O–H groups in total. The molecule has 1 rings (SSSR count). The van der Waals surface area contributed by atoms with Crippen LogP contribution in [0.1, 0.15) is 12.0 Å². The van der Waals surface area contributed by atoms with Crippen molar-refractivity contribution in [3.63, 3.8) is 0 Å². The van der Waals surface area contributed by atoms with Gasteiger partial charge in [0.15, 0.2) is 0 Å². The summed E-state index contributed by atoms with van der Waals surface area (Å²) in [4.78, 5) is 24.6. The smallest absolute Gasteiger partial charge is 0.410 e. The molecule has 0 heterocycles. The second-order valence-electron chi connectivity index (χ2n) is 4.59. The molecule has 1 aromatic carbocycles. The van der Waals surface area contributed by atoms with Gasteiger partial charge in [-0.25, -0.2) is 4.79 Å². The molecule has 0 aliphatic heterocycles. The van der Waals surface area contributed by atoms with Crippen LogP contribution in [0.15, 0.2) is 30.3 Å². The monoisotopic (exact) mass is 294 g/mol. The van der Waals surface area contributed by atoms with Crippen LogP contribution in [0.4, 0.5) is 4.79 Å². The number of likely N-dealkylation sites (N-methyl/N-ethyl adjacent to an activating group) is 1. The van der Waals surface area contributed by atoms with E-state index >= 15 is 0 Å². The molecule has 0 saturated heterocycles. The van der Waals surface area contributed by atoms with E-state index in [-0.39, 0.29) is 19.1 Å². The Morgan fingerprint density at radius 2 is 1.95 bits per heavy atom. The highest BCUT2D eigenvalue weighted by Crippen LogP contribution is 2.02. The van der Waals surface area contributed by atoms with Crippen LogP contribution in [0, 0.1) is 0 Å². The molecule has 0 saturated carbocycles. The van der Waals surface area contributed by atoms with Crippen molar-refractivity contribution < 1.29 is 19.1 Å². The molecular weight excluding hydrogens is 272 g/mol. The van der Waals surface area contributed by atoms with Crippen molar-refractivity contribution in [1.82, 2.24) is 10.2 Å². The molecule has 2 amide bonds. The van der Waals surface area contributed by atoms with Crippen molar-refractivity contribution in [2.75, 3.05) is 33.9 Å². The minimum Gasteiger partial charge on any atom is -0.445 e. The summed E-state index contributed by atoms with van der Waals surface area (Å²) in [7, 11) is 3.14. The van der Waals surface area contributed by atoms with Gasteiger partial charge < -0.3 is 19.7 Å². The van der Waals surface area contributed by atoms with Gasteiger partial charge >= 0.3 is 6.09 Å².